The second-order valence-corrected chi connectivity index (χ2v) is 3.47. The summed E-state index contributed by atoms with van der Waals surface area (Å²) in [6.07, 6.45) is 1.96. The van der Waals surface area contributed by atoms with Gasteiger partial charge in [-0.05, 0) is 27.9 Å². The molecule has 0 aromatic heterocycles. The maximum atomic E-state index is 5.22. The van der Waals surface area contributed by atoms with Crippen LogP contribution in [-0.2, 0) is 0 Å². The molecule has 0 saturated heterocycles. The minimum Gasteiger partial charge on any atom is -0.493 e. The Morgan fingerprint density at radius 2 is 1.53 bits per heavy atom. The van der Waals surface area contributed by atoms with Crippen LogP contribution in [0.1, 0.15) is 5.56 Å². The third-order valence-electron chi connectivity index (χ3n) is 1.94. The molecule has 82 valence electrons. The molecule has 0 atom stereocenters. The van der Waals surface area contributed by atoms with Gasteiger partial charge in [-0.3, -0.25) is 0 Å². The molecule has 0 unspecified atom stereocenters. The van der Waals surface area contributed by atoms with Gasteiger partial charge in [0, 0.05) is 0 Å². The molecule has 0 aliphatic heterocycles. The molecule has 0 aliphatic carbocycles. The van der Waals surface area contributed by atoms with Crippen LogP contribution in [0.2, 0.25) is 0 Å². The monoisotopic (exact) mass is 320 g/mol. The van der Waals surface area contributed by atoms with E-state index in [0.717, 1.165) is 5.56 Å². The fourth-order valence-electron chi connectivity index (χ4n) is 1.27. The highest BCUT2D eigenvalue weighted by Gasteiger charge is 2.11. The molecule has 1 rings (SSSR count). The summed E-state index contributed by atoms with van der Waals surface area (Å²) in [5, 5.41) is 0. The summed E-state index contributed by atoms with van der Waals surface area (Å²) in [6, 6.07) is 3.80. The summed E-state index contributed by atoms with van der Waals surface area (Å²) in [5.41, 5.74) is 1.01. The first-order chi connectivity index (χ1) is 7.26. The molecule has 1 aromatic rings. The highest BCUT2D eigenvalue weighted by Crippen LogP contribution is 2.38. The molecule has 15 heavy (non-hydrogen) atoms. The average molecular weight is 320 g/mol. The Hall–Kier alpha value is -0.910. The lowest BCUT2D eigenvalue weighted by Gasteiger charge is -2.12. The summed E-state index contributed by atoms with van der Waals surface area (Å²) in [4.78, 5) is 0. The summed E-state index contributed by atoms with van der Waals surface area (Å²) in [7, 11) is 4.80. The van der Waals surface area contributed by atoms with E-state index < -0.39 is 0 Å². The first-order valence-corrected chi connectivity index (χ1v) is 5.58. The van der Waals surface area contributed by atoms with Gasteiger partial charge in [0.15, 0.2) is 11.5 Å². The highest BCUT2D eigenvalue weighted by molar-refractivity contribution is 14.1. The van der Waals surface area contributed by atoms with Crippen LogP contribution in [0.3, 0.4) is 0 Å². The zero-order valence-corrected chi connectivity index (χ0v) is 11.1. The van der Waals surface area contributed by atoms with Gasteiger partial charge < -0.3 is 14.2 Å². The Kier molecular flexibility index (Phi) is 4.74. The minimum atomic E-state index is 0.616. The van der Waals surface area contributed by atoms with Gasteiger partial charge in [0.1, 0.15) is 0 Å². The van der Waals surface area contributed by atoms with Gasteiger partial charge in [0.05, 0.1) is 21.3 Å². The number of benzene rings is 1. The molecular formula is C11H13IO3. The fourth-order valence-corrected chi connectivity index (χ4v) is 1.69. The lowest BCUT2D eigenvalue weighted by molar-refractivity contribution is 0.324. The van der Waals surface area contributed by atoms with Crippen LogP contribution in [0.5, 0.6) is 17.2 Å². The predicted molar refractivity (Wildman–Crippen MR) is 69.2 cm³/mol. The van der Waals surface area contributed by atoms with Crippen LogP contribution >= 0.6 is 22.6 Å². The van der Waals surface area contributed by atoms with Crippen molar-refractivity contribution in [2.24, 2.45) is 0 Å². The summed E-state index contributed by atoms with van der Waals surface area (Å²) < 4.78 is 17.6. The van der Waals surface area contributed by atoms with Crippen LogP contribution in [-0.4, -0.2) is 21.3 Å². The van der Waals surface area contributed by atoms with Gasteiger partial charge in [-0.1, -0.05) is 22.6 Å². The van der Waals surface area contributed by atoms with Gasteiger partial charge in [0.25, 0.3) is 0 Å². The summed E-state index contributed by atoms with van der Waals surface area (Å²) >= 11 is 2.16. The van der Waals surface area contributed by atoms with E-state index >= 15 is 0 Å². The van der Waals surface area contributed by atoms with Crippen LogP contribution in [0.25, 0.3) is 6.08 Å². The van der Waals surface area contributed by atoms with E-state index in [9.17, 15) is 0 Å². The molecular weight excluding hydrogens is 307 g/mol. The first-order valence-electron chi connectivity index (χ1n) is 4.33. The van der Waals surface area contributed by atoms with Crippen molar-refractivity contribution in [2.75, 3.05) is 21.3 Å². The van der Waals surface area contributed by atoms with Crippen molar-refractivity contribution < 1.29 is 14.2 Å². The van der Waals surface area contributed by atoms with Crippen LogP contribution in [0, 0.1) is 0 Å². The van der Waals surface area contributed by atoms with Gasteiger partial charge in [-0.2, -0.15) is 0 Å². The van der Waals surface area contributed by atoms with E-state index in [1.807, 2.05) is 22.3 Å². The van der Waals surface area contributed by atoms with Crippen molar-refractivity contribution in [1.82, 2.24) is 0 Å². The number of methoxy groups -OCH3 is 3. The molecule has 0 bridgehead atoms. The SMILES string of the molecule is COc1cc(/C=C\I)cc(OC)c1OC. The Labute approximate surface area is 103 Å². The first kappa shape index (κ1) is 12.2. The number of rotatable bonds is 4. The quantitative estimate of drug-likeness (QED) is 0.798. The van der Waals surface area contributed by atoms with Crippen molar-refractivity contribution in [2.45, 2.75) is 0 Å². The van der Waals surface area contributed by atoms with Gasteiger partial charge in [-0.25, -0.2) is 0 Å². The van der Waals surface area contributed by atoms with E-state index in [0.29, 0.717) is 17.2 Å². The molecule has 0 radical (unpaired) electrons. The molecule has 0 N–H and O–H groups in total. The molecule has 0 amide bonds. The Bertz CT molecular complexity index is 336. The summed E-state index contributed by atoms with van der Waals surface area (Å²) in [6.45, 7) is 0. The largest absolute Gasteiger partial charge is 0.493 e. The van der Waals surface area contributed by atoms with Crippen molar-refractivity contribution >= 4 is 28.7 Å². The molecule has 0 heterocycles. The second kappa shape index (κ2) is 5.85. The molecule has 0 spiro atoms. The van der Waals surface area contributed by atoms with Gasteiger partial charge in [0.2, 0.25) is 5.75 Å². The van der Waals surface area contributed by atoms with E-state index in [1.165, 1.54) is 0 Å². The smallest absolute Gasteiger partial charge is 0.203 e. The number of hydrogen-bond acceptors (Lipinski definition) is 3. The van der Waals surface area contributed by atoms with Crippen molar-refractivity contribution in [3.63, 3.8) is 0 Å². The van der Waals surface area contributed by atoms with Crippen LogP contribution in [0.15, 0.2) is 16.2 Å². The zero-order chi connectivity index (χ0) is 11.3. The molecule has 0 fully saturated rings. The van der Waals surface area contributed by atoms with E-state index in [2.05, 4.69) is 22.6 Å². The summed E-state index contributed by atoms with van der Waals surface area (Å²) in [5.74, 6) is 1.95. The molecule has 3 nitrogen and oxygen atoms in total. The number of hydrogen-bond donors (Lipinski definition) is 0. The van der Waals surface area contributed by atoms with Crippen molar-refractivity contribution in [1.29, 1.82) is 0 Å². The molecule has 0 aliphatic rings. The highest BCUT2D eigenvalue weighted by atomic mass is 127. The lowest BCUT2D eigenvalue weighted by Crippen LogP contribution is -1.95. The van der Waals surface area contributed by atoms with Crippen LogP contribution < -0.4 is 14.2 Å². The normalized spacial score (nSPS) is 10.4. The Balaban J connectivity index is 3.28. The number of halogens is 1. The van der Waals surface area contributed by atoms with Crippen molar-refractivity contribution in [3.05, 3.63) is 21.8 Å². The third kappa shape index (κ3) is 2.77. The third-order valence-corrected chi connectivity index (χ3v) is 2.30. The molecule has 1 aromatic carbocycles. The lowest BCUT2D eigenvalue weighted by atomic mass is 10.2. The predicted octanol–water partition coefficient (Wildman–Crippen LogP) is 3.12. The zero-order valence-electron chi connectivity index (χ0n) is 8.91. The van der Waals surface area contributed by atoms with E-state index in [4.69, 9.17) is 14.2 Å². The minimum absolute atomic E-state index is 0.616. The van der Waals surface area contributed by atoms with Crippen LogP contribution in [0.4, 0.5) is 0 Å². The van der Waals surface area contributed by atoms with E-state index in [1.54, 1.807) is 21.3 Å². The fraction of sp³-hybridized carbons (Fsp3) is 0.273. The second-order valence-electron chi connectivity index (χ2n) is 2.75. The van der Waals surface area contributed by atoms with Gasteiger partial charge >= 0.3 is 0 Å². The maximum absolute atomic E-state index is 5.22. The standard InChI is InChI=1S/C11H13IO3/c1-13-9-6-8(4-5-12)7-10(14-2)11(9)15-3/h4-7H,1-3H3/b5-4-. The maximum Gasteiger partial charge on any atom is 0.203 e. The van der Waals surface area contributed by atoms with Gasteiger partial charge in [-0.15, -0.1) is 0 Å². The van der Waals surface area contributed by atoms with E-state index in [-0.39, 0.29) is 0 Å². The Morgan fingerprint density at radius 1 is 1.00 bits per heavy atom. The molecule has 4 heteroatoms. The topological polar surface area (TPSA) is 27.7 Å². The van der Waals surface area contributed by atoms with Crippen molar-refractivity contribution in [3.8, 4) is 17.2 Å². The number of ether oxygens (including phenoxy) is 3. The Morgan fingerprint density at radius 3 is 1.87 bits per heavy atom. The molecule has 0 saturated carbocycles. The average Bonchev–Trinajstić information content (AvgIpc) is 2.28.